The quantitative estimate of drug-likeness (QED) is 0.146. The minimum absolute atomic E-state index is 1.03. The summed E-state index contributed by atoms with van der Waals surface area (Å²) in [5.41, 5.74) is 15.7. The summed E-state index contributed by atoms with van der Waals surface area (Å²) in [6.07, 6.45) is 0. The molecule has 0 bridgehead atoms. The molecule has 10 aromatic rings. The van der Waals surface area contributed by atoms with Gasteiger partial charge in [0, 0.05) is 45.3 Å². The molecule has 2 aromatic heterocycles. The molecule has 0 fully saturated rings. The topological polar surface area (TPSA) is 32.3 Å². The summed E-state index contributed by atoms with van der Waals surface area (Å²) in [4.78, 5) is 14.4. The first-order valence-electron chi connectivity index (χ1n) is 19.4. The fraction of sp³-hybridized carbons (Fsp3) is 0.0385. The van der Waals surface area contributed by atoms with E-state index < -0.39 is 0 Å². The molecule has 0 spiro atoms. The number of anilines is 6. The molecular formula is C52H38N4S2. The molecule has 6 heteroatoms. The van der Waals surface area contributed by atoms with Crippen molar-refractivity contribution in [2.45, 2.75) is 13.8 Å². The van der Waals surface area contributed by atoms with Gasteiger partial charge in [-0.25, -0.2) is 9.97 Å². The van der Waals surface area contributed by atoms with Crippen molar-refractivity contribution in [3.63, 3.8) is 0 Å². The van der Waals surface area contributed by atoms with Crippen LogP contribution in [-0.4, -0.2) is 9.97 Å². The van der Waals surface area contributed by atoms with Gasteiger partial charge in [-0.2, -0.15) is 0 Å². The lowest BCUT2D eigenvalue weighted by Crippen LogP contribution is -2.10. The van der Waals surface area contributed by atoms with Crippen molar-refractivity contribution >= 4 is 77.2 Å². The van der Waals surface area contributed by atoms with Gasteiger partial charge in [0.25, 0.3) is 0 Å². The SMILES string of the molecule is Cc1ccc(N(c2ccc(-c3ccc(N(c4ccc(C)cc4)c4ccc(-c5nc6ccccc6s5)cc4)cc3)cc2)c2ccc(-c3nc4ccccc4s3)cc2)cc1. The molecule has 0 radical (unpaired) electrons. The van der Waals surface area contributed by atoms with Gasteiger partial charge in [-0.05, 0) is 146 Å². The van der Waals surface area contributed by atoms with Crippen molar-refractivity contribution in [2.75, 3.05) is 9.80 Å². The highest BCUT2D eigenvalue weighted by Gasteiger charge is 2.16. The van der Waals surface area contributed by atoms with E-state index in [2.05, 4.69) is 206 Å². The van der Waals surface area contributed by atoms with Crippen molar-refractivity contribution < 1.29 is 0 Å². The lowest BCUT2D eigenvalue weighted by atomic mass is 10.0. The lowest BCUT2D eigenvalue weighted by Gasteiger charge is -2.26. The molecular weight excluding hydrogens is 745 g/mol. The standard InChI is InChI=1S/C52H38N4S2/c1-35-11-23-41(24-12-35)55(45-31-19-39(20-32-45)51-53-47-7-3-5-9-49(47)57-51)43-27-15-37(16-28-43)38-17-29-44(30-18-38)56(42-25-13-36(2)14-26-42)46-33-21-40(22-34-46)52-54-48-8-4-6-10-50(48)58-52/h3-34H,1-2H3. The maximum Gasteiger partial charge on any atom is 0.124 e. The van der Waals surface area contributed by atoms with Crippen LogP contribution >= 0.6 is 22.7 Å². The van der Waals surface area contributed by atoms with Crippen LogP contribution < -0.4 is 9.80 Å². The summed E-state index contributed by atoms with van der Waals surface area (Å²) in [5, 5.41) is 2.07. The third-order valence-corrected chi connectivity index (χ3v) is 12.7. The Labute approximate surface area is 346 Å². The number of rotatable bonds is 9. The van der Waals surface area contributed by atoms with Crippen molar-refractivity contribution in [1.82, 2.24) is 9.97 Å². The summed E-state index contributed by atoms with van der Waals surface area (Å²) in [7, 11) is 0. The number of aryl methyl sites for hydroxylation is 2. The van der Waals surface area contributed by atoms with E-state index in [0.717, 1.165) is 77.4 Å². The molecule has 4 nitrogen and oxygen atoms in total. The maximum absolute atomic E-state index is 4.89. The number of hydrogen-bond donors (Lipinski definition) is 0. The number of hydrogen-bond acceptors (Lipinski definition) is 6. The maximum atomic E-state index is 4.89. The minimum Gasteiger partial charge on any atom is -0.311 e. The number of aromatic nitrogens is 2. The second-order valence-electron chi connectivity index (χ2n) is 14.5. The highest BCUT2D eigenvalue weighted by atomic mass is 32.1. The molecule has 8 aromatic carbocycles. The summed E-state index contributed by atoms with van der Waals surface area (Å²) in [6, 6.07) is 69.4. The molecule has 0 saturated carbocycles. The predicted octanol–water partition coefficient (Wildman–Crippen LogP) is 15.5. The van der Waals surface area contributed by atoms with Crippen LogP contribution in [0.3, 0.4) is 0 Å². The monoisotopic (exact) mass is 782 g/mol. The van der Waals surface area contributed by atoms with Gasteiger partial charge < -0.3 is 9.80 Å². The highest BCUT2D eigenvalue weighted by molar-refractivity contribution is 7.22. The Morgan fingerprint density at radius 3 is 0.897 bits per heavy atom. The summed E-state index contributed by atoms with van der Waals surface area (Å²) >= 11 is 3.46. The summed E-state index contributed by atoms with van der Waals surface area (Å²) in [5.74, 6) is 0. The van der Waals surface area contributed by atoms with Gasteiger partial charge in [0.15, 0.2) is 0 Å². The Hall–Kier alpha value is -6.86. The van der Waals surface area contributed by atoms with Crippen LogP contribution in [0, 0.1) is 13.8 Å². The molecule has 0 unspecified atom stereocenters. The second-order valence-corrected chi connectivity index (χ2v) is 16.6. The molecule has 0 aliphatic heterocycles. The van der Waals surface area contributed by atoms with Crippen molar-refractivity contribution in [1.29, 1.82) is 0 Å². The van der Waals surface area contributed by atoms with E-state index in [4.69, 9.17) is 9.97 Å². The van der Waals surface area contributed by atoms with Gasteiger partial charge in [0.2, 0.25) is 0 Å². The molecule has 0 N–H and O–H groups in total. The normalized spacial score (nSPS) is 11.3. The average Bonchev–Trinajstić information content (AvgIpc) is 3.92. The molecule has 0 aliphatic carbocycles. The first kappa shape index (κ1) is 35.5. The molecule has 10 rings (SSSR count). The zero-order valence-corrected chi connectivity index (χ0v) is 33.7. The zero-order chi connectivity index (χ0) is 39.0. The number of para-hydroxylation sites is 2. The van der Waals surface area contributed by atoms with E-state index in [1.807, 2.05) is 12.1 Å². The first-order chi connectivity index (χ1) is 28.5. The Balaban J connectivity index is 0.936. The van der Waals surface area contributed by atoms with Gasteiger partial charge in [-0.3, -0.25) is 0 Å². The Kier molecular flexibility index (Phi) is 9.34. The van der Waals surface area contributed by atoms with Crippen molar-refractivity contribution in [3.8, 4) is 32.3 Å². The van der Waals surface area contributed by atoms with Gasteiger partial charge in [0.1, 0.15) is 10.0 Å². The summed E-state index contributed by atoms with van der Waals surface area (Å²) in [6.45, 7) is 4.25. The third kappa shape index (κ3) is 7.05. The first-order valence-corrected chi connectivity index (χ1v) is 21.0. The Morgan fingerprint density at radius 2 is 0.586 bits per heavy atom. The van der Waals surface area contributed by atoms with E-state index in [-0.39, 0.29) is 0 Å². The Morgan fingerprint density at radius 1 is 0.310 bits per heavy atom. The van der Waals surface area contributed by atoms with Crippen LogP contribution in [0.5, 0.6) is 0 Å². The highest BCUT2D eigenvalue weighted by Crippen LogP contribution is 2.40. The van der Waals surface area contributed by atoms with Crippen LogP contribution in [0.1, 0.15) is 11.1 Å². The molecule has 0 saturated heterocycles. The van der Waals surface area contributed by atoms with E-state index >= 15 is 0 Å². The number of benzene rings is 8. The molecule has 0 aliphatic rings. The average molecular weight is 783 g/mol. The van der Waals surface area contributed by atoms with Crippen LogP contribution in [-0.2, 0) is 0 Å². The van der Waals surface area contributed by atoms with Crippen molar-refractivity contribution in [3.05, 3.63) is 205 Å². The molecule has 0 atom stereocenters. The molecule has 58 heavy (non-hydrogen) atoms. The fourth-order valence-corrected chi connectivity index (χ4v) is 9.33. The van der Waals surface area contributed by atoms with Crippen LogP contribution in [0.4, 0.5) is 34.1 Å². The van der Waals surface area contributed by atoms with Gasteiger partial charge in [0.05, 0.1) is 20.4 Å². The van der Waals surface area contributed by atoms with Gasteiger partial charge >= 0.3 is 0 Å². The van der Waals surface area contributed by atoms with Crippen molar-refractivity contribution in [2.24, 2.45) is 0 Å². The minimum atomic E-state index is 1.03. The zero-order valence-electron chi connectivity index (χ0n) is 32.1. The molecule has 2 heterocycles. The van der Waals surface area contributed by atoms with E-state index in [9.17, 15) is 0 Å². The fourth-order valence-electron chi connectivity index (χ4n) is 7.39. The lowest BCUT2D eigenvalue weighted by molar-refractivity contribution is 1.27. The second kappa shape index (κ2) is 15.2. The van der Waals surface area contributed by atoms with Crippen LogP contribution in [0.25, 0.3) is 52.7 Å². The molecule has 0 amide bonds. The predicted molar refractivity (Wildman–Crippen MR) is 248 cm³/mol. The van der Waals surface area contributed by atoms with E-state index in [1.165, 1.54) is 20.5 Å². The Bertz CT molecular complexity index is 2710. The van der Waals surface area contributed by atoms with Crippen LogP contribution in [0.2, 0.25) is 0 Å². The van der Waals surface area contributed by atoms with Gasteiger partial charge in [-0.15, -0.1) is 22.7 Å². The van der Waals surface area contributed by atoms with E-state index in [0.29, 0.717) is 0 Å². The van der Waals surface area contributed by atoms with Crippen LogP contribution in [0.15, 0.2) is 194 Å². The molecule has 278 valence electrons. The van der Waals surface area contributed by atoms with E-state index in [1.54, 1.807) is 22.7 Å². The smallest absolute Gasteiger partial charge is 0.124 e. The third-order valence-electron chi connectivity index (χ3n) is 10.5. The summed E-state index contributed by atoms with van der Waals surface area (Å²) < 4.78 is 2.40. The van der Waals surface area contributed by atoms with Gasteiger partial charge in [-0.1, -0.05) is 83.9 Å². The number of fused-ring (bicyclic) bond motifs is 2. The number of nitrogens with zero attached hydrogens (tertiary/aromatic N) is 4. The number of thiazole rings is 2. The largest absolute Gasteiger partial charge is 0.311 e.